The third-order valence-electron chi connectivity index (χ3n) is 5.70. The van der Waals surface area contributed by atoms with Gasteiger partial charge in [-0.1, -0.05) is 27.5 Å². The summed E-state index contributed by atoms with van der Waals surface area (Å²) in [6.07, 6.45) is 5.13. The number of hydrogen-bond acceptors (Lipinski definition) is 4. The van der Waals surface area contributed by atoms with Crippen molar-refractivity contribution in [3.05, 3.63) is 28.8 Å². The van der Waals surface area contributed by atoms with Crippen LogP contribution in [0.4, 0.5) is 5.69 Å². The highest BCUT2D eigenvalue weighted by molar-refractivity contribution is 9.09. The summed E-state index contributed by atoms with van der Waals surface area (Å²) in [6, 6.07) is 7.23. The molecule has 0 N–H and O–H groups in total. The number of amides is 1. The maximum Gasteiger partial charge on any atom is 0.258 e. The molecule has 1 saturated carbocycles. The van der Waals surface area contributed by atoms with Crippen LogP contribution in [0, 0.1) is 11.3 Å². The lowest BCUT2D eigenvalue weighted by molar-refractivity contribution is -0.124. The van der Waals surface area contributed by atoms with E-state index < -0.39 is 5.54 Å². The molecule has 0 atom stereocenters. The smallest absolute Gasteiger partial charge is 0.258 e. The number of carbonyl (C=O) groups is 1. The predicted octanol–water partition coefficient (Wildman–Crippen LogP) is 5.04. The Balaban J connectivity index is 1.76. The minimum Gasteiger partial charge on any atom is -0.378 e. The third-order valence-corrected chi connectivity index (χ3v) is 6.95. The summed E-state index contributed by atoms with van der Waals surface area (Å²) >= 11 is 15.4. The minimum absolute atomic E-state index is 0.0704. The van der Waals surface area contributed by atoms with Crippen LogP contribution in [0.3, 0.4) is 0 Å². The Morgan fingerprint density at radius 1 is 1.34 bits per heavy atom. The van der Waals surface area contributed by atoms with Gasteiger partial charge < -0.3 is 9.64 Å². The van der Waals surface area contributed by atoms with Gasteiger partial charge in [-0.3, -0.25) is 9.69 Å². The van der Waals surface area contributed by atoms with Gasteiger partial charge in [0, 0.05) is 18.0 Å². The summed E-state index contributed by atoms with van der Waals surface area (Å²) in [7, 11) is 0. The van der Waals surface area contributed by atoms with Crippen LogP contribution >= 0.6 is 39.7 Å². The number of carbonyl (C=O) groups excluding carboxylic acids is 1. The van der Waals surface area contributed by atoms with Crippen molar-refractivity contribution in [2.45, 2.75) is 63.6 Å². The van der Waals surface area contributed by atoms with Crippen LogP contribution in [-0.4, -0.2) is 45.5 Å². The number of anilines is 1. The largest absolute Gasteiger partial charge is 0.378 e. The van der Waals surface area contributed by atoms with E-state index in [0.717, 1.165) is 44.0 Å². The lowest BCUT2D eigenvalue weighted by Gasteiger charge is -2.40. The fraction of sp³-hybridized carbons (Fsp3) is 0.571. The fourth-order valence-corrected chi connectivity index (χ4v) is 5.17. The second-order valence-electron chi connectivity index (χ2n) is 7.97. The minimum atomic E-state index is -0.730. The first-order valence-electron chi connectivity index (χ1n) is 9.86. The topological polar surface area (TPSA) is 56.6 Å². The molecule has 29 heavy (non-hydrogen) atoms. The highest BCUT2D eigenvalue weighted by atomic mass is 79.9. The van der Waals surface area contributed by atoms with Crippen molar-refractivity contribution in [3.8, 4) is 6.07 Å². The van der Waals surface area contributed by atoms with Crippen LogP contribution in [0.5, 0.6) is 0 Å². The van der Waals surface area contributed by atoms with Crippen molar-refractivity contribution in [2.24, 2.45) is 0 Å². The SMILES string of the molecule is CC1(C)C(=O)N(c2ccc(C#N)c(Cl)c2)C(=S)N1[C@H]1CC[C@H](OCCCBr)CC1. The average molecular weight is 499 g/mol. The van der Waals surface area contributed by atoms with E-state index in [1.807, 2.05) is 19.9 Å². The van der Waals surface area contributed by atoms with Gasteiger partial charge in [-0.15, -0.1) is 0 Å². The molecular formula is C21H25BrClN3O2S. The molecule has 2 fully saturated rings. The van der Waals surface area contributed by atoms with E-state index in [2.05, 4.69) is 20.8 Å². The number of ether oxygens (including phenoxy) is 1. The molecule has 1 aromatic carbocycles. The summed E-state index contributed by atoms with van der Waals surface area (Å²) in [6.45, 7) is 4.62. The van der Waals surface area contributed by atoms with Crippen molar-refractivity contribution < 1.29 is 9.53 Å². The number of rotatable bonds is 6. The average Bonchev–Trinajstić information content (AvgIpc) is 2.87. The molecule has 5 nitrogen and oxygen atoms in total. The first-order chi connectivity index (χ1) is 13.8. The highest BCUT2D eigenvalue weighted by Gasteiger charge is 2.52. The van der Waals surface area contributed by atoms with E-state index in [-0.39, 0.29) is 18.1 Å². The molecule has 0 radical (unpaired) electrons. The molecule has 0 spiro atoms. The fourth-order valence-electron chi connectivity index (χ4n) is 4.16. The Kier molecular flexibility index (Phi) is 7.21. The molecule has 3 rings (SSSR count). The van der Waals surface area contributed by atoms with Crippen molar-refractivity contribution in [2.75, 3.05) is 16.8 Å². The van der Waals surface area contributed by atoms with Crippen LogP contribution in [-0.2, 0) is 9.53 Å². The van der Waals surface area contributed by atoms with Gasteiger partial charge in [-0.2, -0.15) is 5.26 Å². The van der Waals surface area contributed by atoms with E-state index in [0.29, 0.717) is 21.4 Å². The van der Waals surface area contributed by atoms with Crippen molar-refractivity contribution in [1.29, 1.82) is 5.26 Å². The van der Waals surface area contributed by atoms with E-state index in [4.69, 9.17) is 33.8 Å². The Labute approximate surface area is 191 Å². The molecule has 1 saturated heterocycles. The Hall–Kier alpha value is -1.20. The Morgan fingerprint density at radius 2 is 2.03 bits per heavy atom. The molecule has 0 unspecified atom stereocenters. The van der Waals surface area contributed by atoms with E-state index in [9.17, 15) is 4.79 Å². The number of halogens is 2. The van der Waals surface area contributed by atoms with Crippen LogP contribution < -0.4 is 4.90 Å². The van der Waals surface area contributed by atoms with Gasteiger partial charge >= 0.3 is 0 Å². The number of thiocarbonyl (C=S) groups is 1. The number of nitrogens with zero attached hydrogens (tertiary/aromatic N) is 3. The second kappa shape index (κ2) is 9.30. The molecule has 1 aliphatic heterocycles. The normalized spacial score (nSPS) is 24.1. The molecule has 0 aromatic heterocycles. The lowest BCUT2D eigenvalue weighted by Crippen LogP contribution is -2.51. The summed E-state index contributed by atoms with van der Waals surface area (Å²) in [4.78, 5) is 16.9. The highest BCUT2D eigenvalue weighted by Crippen LogP contribution is 2.39. The van der Waals surface area contributed by atoms with Gasteiger partial charge in [0.1, 0.15) is 11.6 Å². The molecule has 1 heterocycles. The quantitative estimate of drug-likeness (QED) is 0.312. The van der Waals surface area contributed by atoms with Gasteiger partial charge in [0.15, 0.2) is 5.11 Å². The van der Waals surface area contributed by atoms with Crippen LogP contribution in [0.25, 0.3) is 0 Å². The molecule has 1 amide bonds. The van der Waals surface area contributed by atoms with E-state index in [1.54, 1.807) is 23.1 Å². The zero-order valence-electron chi connectivity index (χ0n) is 16.7. The number of alkyl halides is 1. The number of benzene rings is 1. The molecule has 156 valence electrons. The first kappa shape index (κ1) is 22.5. The molecular weight excluding hydrogens is 474 g/mol. The molecule has 8 heteroatoms. The van der Waals surface area contributed by atoms with Gasteiger partial charge in [0.2, 0.25) is 0 Å². The second-order valence-corrected chi connectivity index (χ2v) is 9.54. The zero-order valence-corrected chi connectivity index (χ0v) is 19.8. The summed E-state index contributed by atoms with van der Waals surface area (Å²) < 4.78 is 5.96. The predicted molar refractivity (Wildman–Crippen MR) is 123 cm³/mol. The van der Waals surface area contributed by atoms with Gasteiger partial charge in [-0.05, 0) is 76.4 Å². The summed E-state index contributed by atoms with van der Waals surface area (Å²) in [5.41, 5.74) is 0.250. The maximum absolute atomic E-state index is 13.3. The Bertz CT molecular complexity index is 834. The summed E-state index contributed by atoms with van der Waals surface area (Å²) in [5.74, 6) is -0.0704. The van der Waals surface area contributed by atoms with Crippen molar-refractivity contribution in [3.63, 3.8) is 0 Å². The van der Waals surface area contributed by atoms with Crippen LogP contribution in [0.2, 0.25) is 5.02 Å². The Morgan fingerprint density at radius 3 is 2.62 bits per heavy atom. The standard InChI is InChI=1S/C21H25BrClN3O2S/c1-21(2)19(27)25(16-5-4-14(13-24)18(23)12-16)20(29)26(21)15-6-8-17(9-7-15)28-11-3-10-22/h4-5,12,15,17H,3,6-11H2,1-2H3/t15-,17-. The first-order valence-corrected chi connectivity index (χ1v) is 11.8. The maximum atomic E-state index is 13.3. The van der Waals surface area contributed by atoms with Crippen LogP contribution in [0.15, 0.2) is 18.2 Å². The van der Waals surface area contributed by atoms with E-state index >= 15 is 0 Å². The monoisotopic (exact) mass is 497 g/mol. The lowest BCUT2D eigenvalue weighted by atomic mass is 9.89. The molecule has 2 aliphatic rings. The summed E-state index contributed by atoms with van der Waals surface area (Å²) in [5, 5.41) is 10.9. The van der Waals surface area contributed by atoms with E-state index in [1.165, 1.54) is 0 Å². The van der Waals surface area contributed by atoms with Crippen LogP contribution in [0.1, 0.15) is 51.5 Å². The molecule has 1 aliphatic carbocycles. The van der Waals surface area contributed by atoms with Gasteiger partial charge in [-0.25, -0.2) is 0 Å². The van der Waals surface area contributed by atoms with Crippen molar-refractivity contribution in [1.82, 2.24) is 4.90 Å². The van der Waals surface area contributed by atoms with Gasteiger partial charge in [0.25, 0.3) is 5.91 Å². The zero-order chi connectivity index (χ0) is 21.2. The number of hydrogen-bond donors (Lipinski definition) is 0. The van der Waals surface area contributed by atoms with Gasteiger partial charge in [0.05, 0.1) is 22.4 Å². The third kappa shape index (κ3) is 4.46. The van der Waals surface area contributed by atoms with Crippen molar-refractivity contribution >= 4 is 56.5 Å². The molecule has 0 bridgehead atoms. The molecule has 1 aromatic rings. The number of nitriles is 1.